The summed E-state index contributed by atoms with van der Waals surface area (Å²) in [7, 11) is 0. The van der Waals surface area contributed by atoms with Crippen LogP contribution in [0.5, 0.6) is 0 Å². The largest absolute Gasteiger partial charge is 0.465 e. The van der Waals surface area contributed by atoms with Crippen LogP contribution >= 0.6 is 0 Å². The minimum Gasteiger partial charge on any atom is -0.465 e. The molecule has 2 heterocycles. The number of anilines is 1. The van der Waals surface area contributed by atoms with Crippen LogP contribution in [-0.4, -0.2) is 26.4 Å². The van der Waals surface area contributed by atoms with Crippen LogP contribution in [0.1, 0.15) is 17.0 Å². The summed E-state index contributed by atoms with van der Waals surface area (Å²) in [6.07, 6.45) is -1.20. The maximum absolute atomic E-state index is 10.7. The number of aliphatic hydroxyl groups excluding tert-OH is 1. The highest BCUT2D eigenvalue weighted by Crippen LogP contribution is 2.30. The second-order valence-corrected chi connectivity index (χ2v) is 4.00. The van der Waals surface area contributed by atoms with E-state index in [4.69, 9.17) is 14.7 Å². The molecular formula is C12H13N3O4. The summed E-state index contributed by atoms with van der Waals surface area (Å²) in [6, 6.07) is 3.35. The Balaban J connectivity index is 2.47. The first-order valence-electron chi connectivity index (χ1n) is 5.57. The second kappa shape index (κ2) is 5.07. The van der Waals surface area contributed by atoms with Crippen molar-refractivity contribution in [2.24, 2.45) is 0 Å². The van der Waals surface area contributed by atoms with Gasteiger partial charge in [-0.1, -0.05) is 11.2 Å². The highest BCUT2D eigenvalue weighted by molar-refractivity contribution is 5.88. The second-order valence-electron chi connectivity index (χ2n) is 4.00. The van der Waals surface area contributed by atoms with Gasteiger partial charge < -0.3 is 14.7 Å². The predicted octanol–water partition coefficient (Wildman–Crippen LogP) is 1.94. The molecule has 0 unspecified atom stereocenters. The van der Waals surface area contributed by atoms with Gasteiger partial charge in [-0.3, -0.25) is 5.32 Å². The quantitative estimate of drug-likeness (QED) is 0.780. The predicted molar refractivity (Wildman–Crippen MR) is 66.8 cm³/mol. The van der Waals surface area contributed by atoms with Crippen LogP contribution in [0.15, 0.2) is 16.7 Å². The van der Waals surface area contributed by atoms with Crippen molar-refractivity contribution < 1.29 is 19.5 Å². The van der Waals surface area contributed by atoms with Crippen molar-refractivity contribution in [1.29, 1.82) is 0 Å². The number of aliphatic hydroxyl groups is 1. The molecule has 0 saturated carbocycles. The van der Waals surface area contributed by atoms with Gasteiger partial charge >= 0.3 is 6.09 Å². The van der Waals surface area contributed by atoms with E-state index in [1.54, 1.807) is 26.0 Å². The van der Waals surface area contributed by atoms with E-state index in [0.717, 1.165) is 0 Å². The smallest absolute Gasteiger partial charge is 0.409 e. The van der Waals surface area contributed by atoms with Crippen molar-refractivity contribution in [3.8, 4) is 11.5 Å². The summed E-state index contributed by atoms with van der Waals surface area (Å²) >= 11 is 0. The normalized spacial score (nSPS) is 10.5. The van der Waals surface area contributed by atoms with Gasteiger partial charge in [0.1, 0.15) is 17.1 Å². The van der Waals surface area contributed by atoms with E-state index in [0.29, 0.717) is 22.6 Å². The Bertz CT molecular complexity index is 621. The number of aryl methyl sites for hydroxylation is 2. The van der Waals surface area contributed by atoms with E-state index in [-0.39, 0.29) is 18.1 Å². The van der Waals surface area contributed by atoms with E-state index in [1.807, 2.05) is 0 Å². The number of hydrogen-bond acceptors (Lipinski definition) is 5. The summed E-state index contributed by atoms with van der Waals surface area (Å²) in [5, 5.41) is 23.8. The summed E-state index contributed by atoms with van der Waals surface area (Å²) < 4.78 is 5.11. The molecule has 19 heavy (non-hydrogen) atoms. The van der Waals surface area contributed by atoms with Gasteiger partial charge in [0.15, 0.2) is 0 Å². The summed E-state index contributed by atoms with van der Waals surface area (Å²) in [6.45, 7) is 3.28. The molecule has 0 bridgehead atoms. The first kappa shape index (κ1) is 13.0. The zero-order valence-corrected chi connectivity index (χ0v) is 10.5. The minimum atomic E-state index is -1.20. The standard InChI is InChI=1S/C12H13N3O4/c1-6-8(5-16)3-4-9(13-6)11-10(14-12(17)18)7(2)15-19-11/h3-4,14,16H,5H2,1-2H3,(H,17,18). The van der Waals surface area contributed by atoms with Crippen LogP contribution in [0.3, 0.4) is 0 Å². The van der Waals surface area contributed by atoms with Crippen molar-refractivity contribution in [3.63, 3.8) is 0 Å². The van der Waals surface area contributed by atoms with Crippen molar-refractivity contribution >= 4 is 11.8 Å². The lowest BCUT2D eigenvalue weighted by Gasteiger charge is -2.05. The Morgan fingerprint density at radius 2 is 2.11 bits per heavy atom. The Kier molecular flexibility index (Phi) is 3.48. The number of rotatable bonds is 3. The average Bonchev–Trinajstić information content (AvgIpc) is 2.70. The summed E-state index contributed by atoms with van der Waals surface area (Å²) in [5.74, 6) is 0.257. The van der Waals surface area contributed by atoms with E-state index in [1.165, 1.54) is 0 Å². The molecule has 0 fully saturated rings. The number of nitrogens with zero attached hydrogens (tertiary/aromatic N) is 2. The van der Waals surface area contributed by atoms with Crippen molar-refractivity contribution in [2.75, 3.05) is 5.32 Å². The van der Waals surface area contributed by atoms with E-state index >= 15 is 0 Å². The average molecular weight is 263 g/mol. The van der Waals surface area contributed by atoms with Gasteiger partial charge in [-0.2, -0.15) is 0 Å². The number of amides is 1. The first-order valence-corrected chi connectivity index (χ1v) is 5.57. The third-order valence-electron chi connectivity index (χ3n) is 2.69. The van der Waals surface area contributed by atoms with Crippen LogP contribution < -0.4 is 5.32 Å². The third-order valence-corrected chi connectivity index (χ3v) is 2.69. The molecule has 1 amide bonds. The lowest BCUT2D eigenvalue weighted by atomic mass is 10.1. The Labute approximate surface area is 108 Å². The number of nitrogens with one attached hydrogen (secondary N) is 1. The van der Waals surface area contributed by atoms with Crippen LogP contribution in [0.4, 0.5) is 10.5 Å². The molecule has 0 atom stereocenters. The van der Waals surface area contributed by atoms with Gasteiger partial charge in [0.25, 0.3) is 0 Å². The number of aromatic nitrogens is 2. The monoisotopic (exact) mass is 263 g/mol. The molecule has 0 aromatic carbocycles. The molecule has 7 heteroatoms. The highest BCUT2D eigenvalue weighted by atomic mass is 16.5. The van der Waals surface area contributed by atoms with Crippen molar-refractivity contribution in [2.45, 2.75) is 20.5 Å². The first-order chi connectivity index (χ1) is 9.02. The van der Waals surface area contributed by atoms with Crippen molar-refractivity contribution in [3.05, 3.63) is 29.1 Å². The van der Waals surface area contributed by atoms with Crippen molar-refractivity contribution in [1.82, 2.24) is 10.1 Å². The van der Waals surface area contributed by atoms with Gasteiger partial charge in [-0.15, -0.1) is 0 Å². The fourth-order valence-corrected chi connectivity index (χ4v) is 1.68. The van der Waals surface area contributed by atoms with E-state index < -0.39 is 6.09 Å². The molecule has 0 radical (unpaired) electrons. The molecule has 0 aliphatic rings. The molecule has 2 rings (SSSR count). The molecule has 0 saturated heterocycles. The number of carbonyl (C=O) groups is 1. The van der Waals surface area contributed by atoms with Gasteiger partial charge in [0, 0.05) is 5.69 Å². The number of hydrogen-bond donors (Lipinski definition) is 3. The maximum atomic E-state index is 10.7. The zero-order chi connectivity index (χ0) is 14.0. The molecule has 0 spiro atoms. The fourth-order valence-electron chi connectivity index (χ4n) is 1.68. The minimum absolute atomic E-state index is 0.102. The molecule has 0 aliphatic carbocycles. The van der Waals surface area contributed by atoms with E-state index in [9.17, 15) is 4.79 Å². The highest BCUT2D eigenvalue weighted by Gasteiger charge is 2.18. The number of pyridine rings is 1. The molecule has 3 N–H and O–H groups in total. The van der Waals surface area contributed by atoms with Crippen LogP contribution in [0, 0.1) is 13.8 Å². The zero-order valence-electron chi connectivity index (χ0n) is 10.5. The molecule has 100 valence electrons. The van der Waals surface area contributed by atoms with Crippen LogP contribution in [0.2, 0.25) is 0 Å². The summed E-state index contributed by atoms with van der Waals surface area (Å²) in [5.41, 5.74) is 2.52. The molecule has 0 aliphatic heterocycles. The fraction of sp³-hybridized carbons (Fsp3) is 0.250. The van der Waals surface area contributed by atoms with Crippen LogP contribution in [0.25, 0.3) is 11.5 Å². The Morgan fingerprint density at radius 1 is 1.37 bits per heavy atom. The lowest BCUT2D eigenvalue weighted by molar-refractivity contribution is 0.209. The Morgan fingerprint density at radius 3 is 2.68 bits per heavy atom. The molecule has 2 aromatic rings. The maximum Gasteiger partial charge on any atom is 0.409 e. The van der Waals surface area contributed by atoms with E-state index in [2.05, 4.69) is 15.5 Å². The Hall–Kier alpha value is -2.41. The summed E-state index contributed by atoms with van der Waals surface area (Å²) in [4.78, 5) is 15.0. The topological polar surface area (TPSA) is 108 Å². The molecule has 7 nitrogen and oxygen atoms in total. The molecule has 2 aromatic heterocycles. The lowest BCUT2D eigenvalue weighted by Crippen LogP contribution is -2.08. The number of carboxylic acid groups (broad SMARTS) is 1. The SMILES string of the molecule is Cc1nc(-c2onc(C)c2NC(=O)O)ccc1CO. The van der Waals surface area contributed by atoms with Gasteiger partial charge in [-0.25, -0.2) is 9.78 Å². The van der Waals surface area contributed by atoms with Gasteiger partial charge in [-0.05, 0) is 25.5 Å². The third kappa shape index (κ3) is 2.55. The van der Waals surface area contributed by atoms with Crippen LogP contribution in [-0.2, 0) is 6.61 Å². The van der Waals surface area contributed by atoms with Gasteiger partial charge in [0.2, 0.25) is 5.76 Å². The van der Waals surface area contributed by atoms with Gasteiger partial charge in [0.05, 0.1) is 6.61 Å². The molecular weight excluding hydrogens is 250 g/mol.